The minimum atomic E-state index is 0. The van der Waals surface area contributed by atoms with Crippen molar-refractivity contribution in [2.45, 2.75) is 13.5 Å². The molecule has 144 valence electrons. The zero-order valence-electron chi connectivity index (χ0n) is 15.7. The van der Waals surface area contributed by atoms with Gasteiger partial charge in [-0.2, -0.15) is 0 Å². The molecule has 2 aromatic carbocycles. The van der Waals surface area contributed by atoms with E-state index in [1.807, 2.05) is 55.5 Å². The molecule has 0 unspecified atom stereocenters. The maximum atomic E-state index is 5.67. The molecule has 27 heavy (non-hydrogen) atoms. The molecule has 1 heterocycles. The highest BCUT2D eigenvalue weighted by atomic mass is 127. The third-order valence-electron chi connectivity index (χ3n) is 4.10. The second-order valence-electron chi connectivity index (χ2n) is 5.89. The van der Waals surface area contributed by atoms with Gasteiger partial charge in [0.2, 0.25) is 0 Å². The van der Waals surface area contributed by atoms with Crippen molar-refractivity contribution in [2.75, 3.05) is 26.7 Å². The quantitative estimate of drug-likeness (QED) is 0.237. The zero-order chi connectivity index (χ0) is 18.2. The molecule has 0 saturated carbocycles. The summed E-state index contributed by atoms with van der Waals surface area (Å²) in [5, 5.41) is 6.59. The van der Waals surface area contributed by atoms with Crippen LogP contribution in [-0.2, 0) is 6.54 Å². The van der Waals surface area contributed by atoms with Gasteiger partial charge in [-0.3, -0.25) is 4.99 Å². The average Bonchev–Trinajstić information content (AvgIpc) is 3.00. The van der Waals surface area contributed by atoms with Gasteiger partial charge in [-0.25, -0.2) is 4.98 Å². The fourth-order valence-corrected chi connectivity index (χ4v) is 2.84. The van der Waals surface area contributed by atoms with E-state index in [4.69, 9.17) is 4.74 Å². The molecule has 0 radical (unpaired) electrons. The number of nitrogens with zero attached hydrogens (tertiary/aromatic N) is 3. The summed E-state index contributed by atoms with van der Waals surface area (Å²) >= 11 is 0. The van der Waals surface area contributed by atoms with Crippen LogP contribution in [0.3, 0.4) is 0 Å². The summed E-state index contributed by atoms with van der Waals surface area (Å²) in [7, 11) is 1.77. The maximum Gasteiger partial charge on any atom is 0.191 e. The number of benzene rings is 2. The van der Waals surface area contributed by atoms with Crippen molar-refractivity contribution in [1.82, 2.24) is 20.2 Å². The Morgan fingerprint density at radius 1 is 1.04 bits per heavy atom. The van der Waals surface area contributed by atoms with Gasteiger partial charge in [0.05, 0.1) is 17.6 Å². The van der Waals surface area contributed by atoms with Crippen LogP contribution in [0.25, 0.3) is 11.0 Å². The lowest BCUT2D eigenvalue weighted by Gasteiger charge is -2.13. The fourth-order valence-electron chi connectivity index (χ4n) is 2.84. The van der Waals surface area contributed by atoms with Gasteiger partial charge in [0.25, 0.3) is 0 Å². The normalized spacial score (nSPS) is 11.1. The lowest BCUT2D eigenvalue weighted by molar-refractivity contribution is 0.322. The van der Waals surface area contributed by atoms with E-state index >= 15 is 0 Å². The Kier molecular flexibility index (Phi) is 8.38. The molecular weight excluding hydrogens is 453 g/mol. The second kappa shape index (κ2) is 10.8. The van der Waals surface area contributed by atoms with Crippen molar-refractivity contribution in [1.29, 1.82) is 0 Å². The van der Waals surface area contributed by atoms with Crippen LogP contribution in [0.15, 0.2) is 59.6 Å². The number of aliphatic imine (C=N–C) groups is 1. The van der Waals surface area contributed by atoms with Crippen LogP contribution in [0.2, 0.25) is 0 Å². The molecule has 0 aliphatic heterocycles. The summed E-state index contributed by atoms with van der Waals surface area (Å²) < 4.78 is 7.89. The van der Waals surface area contributed by atoms with Gasteiger partial charge in [0.1, 0.15) is 18.2 Å². The molecule has 0 aliphatic rings. The molecule has 0 amide bonds. The molecular formula is C20H26IN5O. The van der Waals surface area contributed by atoms with Gasteiger partial charge in [-0.1, -0.05) is 30.3 Å². The van der Waals surface area contributed by atoms with Crippen molar-refractivity contribution >= 4 is 41.0 Å². The van der Waals surface area contributed by atoms with Crippen LogP contribution in [-0.4, -0.2) is 42.3 Å². The Bertz CT molecular complexity index is 863. The second-order valence-corrected chi connectivity index (χ2v) is 5.89. The lowest BCUT2D eigenvalue weighted by atomic mass is 10.3. The predicted octanol–water partition coefficient (Wildman–Crippen LogP) is 3.21. The Morgan fingerprint density at radius 3 is 2.52 bits per heavy atom. The van der Waals surface area contributed by atoms with Gasteiger partial charge in [-0.05, 0) is 31.2 Å². The van der Waals surface area contributed by atoms with Crippen molar-refractivity contribution in [3.05, 3.63) is 60.4 Å². The number of fused-ring (bicyclic) bond motifs is 1. The minimum absolute atomic E-state index is 0. The summed E-state index contributed by atoms with van der Waals surface area (Å²) in [6, 6.07) is 18.0. The van der Waals surface area contributed by atoms with Crippen molar-refractivity contribution < 1.29 is 4.74 Å². The third kappa shape index (κ3) is 5.85. The fraction of sp³-hybridized carbons (Fsp3) is 0.300. The van der Waals surface area contributed by atoms with Crippen molar-refractivity contribution in [3.8, 4) is 5.75 Å². The molecule has 0 saturated heterocycles. The first-order valence-electron chi connectivity index (χ1n) is 8.82. The lowest BCUT2D eigenvalue weighted by Crippen LogP contribution is -2.40. The predicted molar refractivity (Wildman–Crippen MR) is 121 cm³/mol. The monoisotopic (exact) mass is 479 g/mol. The number of aryl methyl sites for hydroxylation is 1. The van der Waals surface area contributed by atoms with Crippen LogP contribution < -0.4 is 15.4 Å². The van der Waals surface area contributed by atoms with E-state index in [1.165, 1.54) is 0 Å². The van der Waals surface area contributed by atoms with E-state index in [9.17, 15) is 0 Å². The summed E-state index contributed by atoms with van der Waals surface area (Å²) in [6.07, 6.45) is 0. The molecule has 0 aliphatic carbocycles. The molecule has 1 aromatic heterocycles. The molecule has 0 spiro atoms. The van der Waals surface area contributed by atoms with E-state index < -0.39 is 0 Å². The van der Waals surface area contributed by atoms with E-state index in [1.54, 1.807) is 7.05 Å². The summed E-state index contributed by atoms with van der Waals surface area (Å²) in [5.41, 5.74) is 2.19. The number of hydrogen-bond acceptors (Lipinski definition) is 3. The molecule has 0 fully saturated rings. The SMILES string of the molecule is CN=C(NCCOc1ccccc1)NCCn1c(C)nc2ccccc21.I. The number of ether oxygens (including phenoxy) is 1. The van der Waals surface area contributed by atoms with Crippen LogP contribution >= 0.6 is 24.0 Å². The van der Waals surface area contributed by atoms with Gasteiger partial charge in [0.15, 0.2) is 5.96 Å². The van der Waals surface area contributed by atoms with Gasteiger partial charge >= 0.3 is 0 Å². The summed E-state index contributed by atoms with van der Waals surface area (Å²) in [6.45, 7) is 4.89. The maximum absolute atomic E-state index is 5.67. The molecule has 6 nitrogen and oxygen atoms in total. The van der Waals surface area contributed by atoms with E-state index in [0.717, 1.165) is 41.7 Å². The van der Waals surface area contributed by atoms with E-state index in [0.29, 0.717) is 13.2 Å². The van der Waals surface area contributed by atoms with Crippen molar-refractivity contribution in [2.24, 2.45) is 4.99 Å². The number of para-hydroxylation sites is 3. The Balaban J connectivity index is 0.00000261. The number of nitrogens with one attached hydrogen (secondary N) is 2. The molecule has 0 atom stereocenters. The van der Waals surface area contributed by atoms with Crippen LogP contribution in [0.4, 0.5) is 0 Å². The average molecular weight is 479 g/mol. The van der Waals surface area contributed by atoms with Crippen LogP contribution in [0, 0.1) is 6.92 Å². The molecule has 0 bridgehead atoms. The molecule has 3 aromatic rings. The summed E-state index contributed by atoms with van der Waals surface area (Å²) in [4.78, 5) is 8.84. The molecule has 7 heteroatoms. The van der Waals surface area contributed by atoms with Gasteiger partial charge in [0, 0.05) is 20.1 Å². The smallest absolute Gasteiger partial charge is 0.191 e. The largest absolute Gasteiger partial charge is 0.492 e. The Labute approximate surface area is 177 Å². The molecule has 2 N–H and O–H groups in total. The van der Waals surface area contributed by atoms with Crippen LogP contribution in [0.5, 0.6) is 5.75 Å². The number of aromatic nitrogens is 2. The Hall–Kier alpha value is -2.29. The van der Waals surface area contributed by atoms with Crippen molar-refractivity contribution in [3.63, 3.8) is 0 Å². The Morgan fingerprint density at radius 2 is 1.74 bits per heavy atom. The van der Waals surface area contributed by atoms with E-state index in [-0.39, 0.29) is 24.0 Å². The minimum Gasteiger partial charge on any atom is -0.492 e. The highest BCUT2D eigenvalue weighted by Gasteiger charge is 2.06. The number of rotatable bonds is 7. The standard InChI is InChI=1S/C20H25N5O.HI/c1-16-24-18-10-6-7-11-19(18)25(16)14-12-22-20(21-2)23-13-15-26-17-8-4-3-5-9-17;/h3-11H,12-15H2,1-2H3,(H2,21,22,23);1H. The van der Waals surface area contributed by atoms with Gasteiger partial charge < -0.3 is 19.9 Å². The first-order valence-corrected chi connectivity index (χ1v) is 8.82. The summed E-state index contributed by atoms with van der Waals surface area (Å²) in [5.74, 6) is 2.66. The molecule has 3 rings (SSSR count). The van der Waals surface area contributed by atoms with Crippen LogP contribution in [0.1, 0.15) is 5.82 Å². The number of guanidine groups is 1. The third-order valence-corrected chi connectivity index (χ3v) is 4.10. The highest BCUT2D eigenvalue weighted by Crippen LogP contribution is 2.14. The zero-order valence-corrected chi connectivity index (χ0v) is 18.0. The first-order chi connectivity index (χ1) is 12.8. The number of imidazole rings is 1. The number of hydrogen-bond donors (Lipinski definition) is 2. The first kappa shape index (κ1) is 21.0. The topological polar surface area (TPSA) is 63.5 Å². The van der Waals surface area contributed by atoms with E-state index in [2.05, 4.69) is 31.2 Å². The number of halogens is 1. The highest BCUT2D eigenvalue weighted by molar-refractivity contribution is 14.0. The van der Waals surface area contributed by atoms with Gasteiger partial charge in [-0.15, -0.1) is 24.0 Å².